The summed E-state index contributed by atoms with van der Waals surface area (Å²) in [5.74, 6) is 5.23. The molecule has 0 aliphatic carbocycles. The number of nitrogens with one attached hydrogen (secondary N) is 3. The molecule has 0 saturated carbocycles. The molecular weight excluding hydrogens is 1570 g/mol. The number of aliphatic hydroxyl groups excluding tert-OH is 1. The Kier molecular flexibility index (Phi) is 160. The number of hydrogen-bond donors (Lipinski definition) is 14. The van der Waals surface area contributed by atoms with Gasteiger partial charge in [0.15, 0.2) is 0 Å². The van der Waals surface area contributed by atoms with E-state index in [1.54, 1.807) is 0 Å². The number of benzene rings is 1. The van der Waals surface area contributed by atoms with Crippen molar-refractivity contribution in [2.45, 2.75) is 378 Å². The number of rotatable bonds is 74. The van der Waals surface area contributed by atoms with Crippen LogP contribution in [-0.2, 0) is 13.1 Å². The van der Waals surface area contributed by atoms with Crippen LogP contribution in [-0.4, -0.2) is 316 Å². The molecule has 1 aromatic carbocycles. The average molecular weight is 1820 g/mol. The molecule has 0 spiro atoms. The third-order valence-electron chi connectivity index (χ3n) is 21.7. The summed E-state index contributed by atoms with van der Waals surface area (Å²) in [6, 6.07) is 8.01. The Morgan fingerprint density at radius 1 is 0.260 bits per heavy atom. The minimum Gasteiger partial charge on any atom is -0.396 e. The molecule has 0 bridgehead atoms. The molecule has 23 nitrogen and oxygen atoms in total. The van der Waals surface area contributed by atoms with E-state index in [2.05, 4.69) is 186 Å². The van der Waals surface area contributed by atoms with Gasteiger partial charge in [0.1, 0.15) is 0 Å². The minimum atomic E-state index is 0.365. The molecule has 0 radical (unpaired) electrons. The van der Waals surface area contributed by atoms with Crippen molar-refractivity contribution in [3.05, 3.63) is 35.4 Å². The van der Waals surface area contributed by atoms with Crippen LogP contribution in [0.15, 0.2) is 24.3 Å². The maximum absolute atomic E-state index is 8.37. The third kappa shape index (κ3) is 153. The lowest BCUT2D eigenvalue weighted by Gasteiger charge is -2.34. The van der Waals surface area contributed by atoms with E-state index in [-0.39, 0.29) is 0 Å². The Labute approximate surface area is 798 Å². The summed E-state index contributed by atoms with van der Waals surface area (Å²) in [6.07, 6.45) is 59.6. The minimum absolute atomic E-state index is 0.365. The zero-order chi connectivity index (χ0) is 97.5. The van der Waals surface area contributed by atoms with Gasteiger partial charge in [-0.25, -0.2) is 0 Å². The van der Waals surface area contributed by atoms with Crippen LogP contribution in [0.5, 0.6) is 0 Å². The topological polar surface area (TPSA) is 346 Å². The first kappa shape index (κ1) is 146. The Hall–Kier alpha value is -1.70. The van der Waals surface area contributed by atoms with E-state index in [0.717, 1.165) is 155 Å². The van der Waals surface area contributed by atoms with Gasteiger partial charge in [0.05, 0.1) is 0 Å². The molecule has 1 heterocycles. The second-order valence-electron chi connectivity index (χ2n) is 35.5. The standard InChI is InChI=1S/C11H25N3.C11H25N.2C10H23N.C8H23N5.C8H12N2.2C8H20N2.2C8H19N.C7H19N3.C7H16O/c1-2-3-6-13-8-10-14(11-9-13)7-4-5-12;1-4-6-8-10-12(3)11-9-7-5-2;2*1-4-5-6-7-8-9-10-11(2)3;1-10-3-6-13(7-4-11-2)8-5-12-9;9-5-7-1-2-8(6-10)4-3-7;2*1-3-4-7-10(2)8-5-6-9;2*1-2-3-4-5-6-7-8-9;1-2-5-10(6-3-8)7-4-9;1-2-3-4-5-6-7-8/h2-12H2,1H3;4-11H2,1-3H3;2*4-10H2,1-3H3;10-12H,3-9H2,1-2H3;1-4H,5-6,9-10H2;2*3-9H2,1-2H3;2*2-9H2,1H3;2-9H2,1H3;8H,2-7H2,1H3. The number of nitrogens with two attached hydrogens (primary N) is 10. The number of nitrogens with zero attached hydrogens (tertiary/aromatic N) is 9. The van der Waals surface area contributed by atoms with Crippen molar-refractivity contribution in [3.8, 4) is 0 Å². The highest BCUT2D eigenvalue weighted by Gasteiger charge is 2.15. The van der Waals surface area contributed by atoms with Crippen molar-refractivity contribution in [2.75, 3.05) is 266 Å². The van der Waals surface area contributed by atoms with Gasteiger partial charge in [-0.05, 0) is 269 Å². The van der Waals surface area contributed by atoms with Crippen LogP contribution in [0, 0.1) is 0 Å². The summed E-state index contributed by atoms with van der Waals surface area (Å²) in [5, 5.41) is 14.6. The molecule has 0 amide bonds. The molecule has 0 atom stereocenters. The second kappa shape index (κ2) is 140. The summed E-state index contributed by atoms with van der Waals surface area (Å²) in [4.78, 5) is 21.5. The fourth-order valence-electron chi connectivity index (χ4n) is 13.0. The van der Waals surface area contributed by atoms with Gasteiger partial charge in [0, 0.05) is 111 Å². The van der Waals surface area contributed by atoms with Gasteiger partial charge in [0.2, 0.25) is 0 Å². The number of hydrazine groups is 1. The van der Waals surface area contributed by atoms with Crippen molar-refractivity contribution < 1.29 is 5.11 Å². The van der Waals surface area contributed by atoms with E-state index < -0.39 is 0 Å². The van der Waals surface area contributed by atoms with Crippen molar-refractivity contribution in [3.63, 3.8) is 0 Å². The molecule has 1 aliphatic rings. The molecule has 24 N–H and O–H groups in total. The number of unbranched alkanes of at least 4 members (excludes halogenated alkanes) is 31. The molecule has 1 fully saturated rings. The van der Waals surface area contributed by atoms with Crippen molar-refractivity contribution in [2.24, 2.45) is 57.4 Å². The lowest BCUT2D eigenvalue weighted by Crippen LogP contribution is -2.46. The quantitative estimate of drug-likeness (QED) is 0.0164. The monoisotopic (exact) mass is 1820 g/mol. The fraction of sp³-hybridized carbons (Fsp3) is 0.942. The summed E-state index contributed by atoms with van der Waals surface area (Å²) in [5.41, 5.74) is 53.5. The zero-order valence-corrected chi connectivity index (χ0v) is 90.2. The Morgan fingerprint density at radius 3 is 0.780 bits per heavy atom. The van der Waals surface area contributed by atoms with Crippen LogP contribution < -0.4 is 73.5 Å². The molecule has 1 aromatic rings. The maximum Gasteiger partial charge on any atom is 0.0431 e. The normalized spacial score (nSPS) is 11.6. The van der Waals surface area contributed by atoms with Gasteiger partial charge in [-0.3, -0.25) is 16.2 Å². The average Bonchev–Trinajstić information content (AvgIpc) is 0.921. The summed E-state index contributed by atoms with van der Waals surface area (Å²) in [6.45, 7) is 58.2. The molecular formula is C104H244N22O. The SMILES string of the molecule is CCCCCCCCN.CCCCCCCCN.CCCCCCCCN(C)C.CCCCCCCCN(C)C.CCCCCCCO.CCCCCN(C)CCCCC.CCCCN(C)CCCN.CCCCN(C)CCCN.CCCCN1CCN(CCCN)CC1.CCCN(CCN)CCN.CNCCN(CCNC)CCNN.NCc1ccc(CN)cc1. The predicted molar refractivity (Wildman–Crippen MR) is 578 cm³/mol. The smallest absolute Gasteiger partial charge is 0.0431 e. The van der Waals surface area contributed by atoms with Gasteiger partial charge in [-0.15, -0.1) is 0 Å². The summed E-state index contributed by atoms with van der Waals surface area (Å²) < 4.78 is 0. The third-order valence-corrected chi connectivity index (χ3v) is 21.7. The zero-order valence-electron chi connectivity index (χ0n) is 90.2. The largest absolute Gasteiger partial charge is 0.396 e. The first-order valence-electron chi connectivity index (χ1n) is 53.6. The van der Waals surface area contributed by atoms with Crippen LogP contribution >= 0.6 is 0 Å². The van der Waals surface area contributed by atoms with Gasteiger partial charge < -0.3 is 107 Å². The molecule has 23 heteroatoms. The Bertz CT molecular complexity index is 1700. The van der Waals surface area contributed by atoms with E-state index >= 15 is 0 Å². The summed E-state index contributed by atoms with van der Waals surface area (Å²) >= 11 is 0. The van der Waals surface area contributed by atoms with E-state index in [0.29, 0.717) is 19.7 Å². The lowest BCUT2D eigenvalue weighted by molar-refractivity contribution is 0.131. The van der Waals surface area contributed by atoms with Crippen molar-refractivity contribution in [1.29, 1.82) is 0 Å². The highest BCUT2D eigenvalue weighted by molar-refractivity contribution is 5.21. The van der Waals surface area contributed by atoms with Gasteiger partial charge in [0.25, 0.3) is 0 Å². The molecule has 1 aliphatic heterocycles. The van der Waals surface area contributed by atoms with Crippen LogP contribution in [0.4, 0.5) is 0 Å². The number of likely N-dealkylation sites (N-methyl/N-ethyl adjacent to an activating group) is 2. The maximum atomic E-state index is 8.37. The summed E-state index contributed by atoms with van der Waals surface area (Å²) in [7, 11) is 19.1. The fourth-order valence-corrected chi connectivity index (χ4v) is 13.0. The number of aliphatic hydroxyl groups is 1. The van der Waals surface area contributed by atoms with Crippen LogP contribution in [0.2, 0.25) is 0 Å². The predicted octanol–water partition coefficient (Wildman–Crippen LogP) is 17.0. The number of hydrogen-bond acceptors (Lipinski definition) is 23. The van der Waals surface area contributed by atoms with Crippen LogP contribution in [0.1, 0.15) is 376 Å². The highest BCUT2D eigenvalue weighted by Crippen LogP contribution is 2.10. The Balaban J connectivity index is -0.000000147. The Morgan fingerprint density at radius 2 is 0.512 bits per heavy atom. The van der Waals surface area contributed by atoms with E-state index in [4.69, 9.17) is 62.6 Å². The van der Waals surface area contributed by atoms with E-state index in [1.165, 1.54) is 342 Å². The molecule has 776 valence electrons. The van der Waals surface area contributed by atoms with Crippen molar-refractivity contribution >= 4 is 0 Å². The first-order valence-corrected chi connectivity index (χ1v) is 53.6. The van der Waals surface area contributed by atoms with Crippen LogP contribution in [0.25, 0.3) is 0 Å². The van der Waals surface area contributed by atoms with Crippen molar-refractivity contribution in [1.82, 2.24) is 60.2 Å². The van der Waals surface area contributed by atoms with E-state index in [9.17, 15) is 0 Å². The van der Waals surface area contributed by atoms with Gasteiger partial charge >= 0.3 is 0 Å². The molecule has 0 unspecified atom stereocenters. The number of piperazine rings is 1. The van der Waals surface area contributed by atoms with E-state index in [1.807, 2.05) is 38.4 Å². The van der Waals surface area contributed by atoms with Gasteiger partial charge in [-0.1, -0.05) is 299 Å². The van der Waals surface area contributed by atoms with Gasteiger partial charge in [-0.2, -0.15) is 0 Å². The molecule has 0 aromatic heterocycles. The second-order valence-corrected chi connectivity index (χ2v) is 35.5. The first-order chi connectivity index (χ1) is 61.6. The van der Waals surface area contributed by atoms with Crippen LogP contribution in [0.3, 0.4) is 0 Å². The lowest BCUT2D eigenvalue weighted by atomic mass is 10.1. The molecule has 2 rings (SSSR count). The highest BCUT2D eigenvalue weighted by atomic mass is 16.3. The molecule has 1 saturated heterocycles. The molecule has 127 heavy (non-hydrogen) atoms.